The highest BCUT2D eigenvalue weighted by molar-refractivity contribution is 5.99. The van der Waals surface area contributed by atoms with E-state index in [1.165, 1.54) is 6.42 Å². The highest BCUT2D eigenvalue weighted by Gasteiger charge is 2.36. The molecule has 1 unspecified atom stereocenters. The maximum absolute atomic E-state index is 13.0. The highest BCUT2D eigenvalue weighted by Crippen LogP contribution is 2.35. The summed E-state index contributed by atoms with van der Waals surface area (Å²) in [6, 6.07) is 7.17. The van der Waals surface area contributed by atoms with Crippen LogP contribution >= 0.6 is 0 Å². The van der Waals surface area contributed by atoms with Crippen LogP contribution < -0.4 is 9.64 Å². The van der Waals surface area contributed by atoms with Crippen LogP contribution in [0.3, 0.4) is 0 Å². The van der Waals surface area contributed by atoms with Crippen LogP contribution in [0.15, 0.2) is 30.5 Å². The minimum atomic E-state index is -0.678. The molecule has 0 spiro atoms. The summed E-state index contributed by atoms with van der Waals surface area (Å²) in [6.45, 7) is 0.614. The minimum absolute atomic E-state index is 0.00710. The summed E-state index contributed by atoms with van der Waals surface area (Å²) in [5, 5.41) is 19.1. The van der Waals surface area contributed by atoms with Crippen LogP contribution in [0.1, 0.15) is 50.3 Å². The van der Waals surface area contributed by atoms with E-state index >= 15 is 0 Å². The zero-order valence-electron chi connectivity index (χ0n) is 15.7. The van der Waals surface area contributed by atoms with Crippen molar-refractivity contribution in [3.63, 3.8) is 0 Å². The molecular weight excluding hydrogens is 344 g/mol. The van der Waals surface area contributed by atoms with E-state index in [1.54, 1.807) is 16.7 Å². The molecule has 1 atom stereocenters. The Balaban J connectivity index is 1.48. The molecule has 2 aliphatic rings. The van der Waals surface area contributed by atoms with E-state index < -0.39 is 5.60 Å². The number of amides is 1. The lowest BCUT2D eigenvalue weighted by Gasteiger charge is -2.31. The molecule has 2 aromatic rings. The first-order valence-corrected chi connectivity index (χ1v) is 9.67. The van der Waals surface area contributed by atoms with Crippen LogP contribution in [0.5, 0.6) is 5.75 Å². The lowest BCUT2D eigenvalue weighted by molar-refractivity contribution is -0.120. The zero-order chi connectivity index (χ0) is 18.9. The van der Waals surface area contributed by atoms with E-state index in [2.05, 4.69) is 10.3 Å². The molecule has 144 valence electrons. The summed E-state index contributed by atoms with van der Waals surface area (Å²) in [6.07, 6.45) is 7.91. The molecule has 1 aliphatic heterocycles. The fourth-order valence-corrected chi connectivity index (χ4v) is 4.27. The van der Waals surface area contributed by atoms with Gasteiger partial charge in [0.2, 0.25) is 0 Å². The molecule has 1 saturated heterocycles. The molecule has 1 amide bonds. The molecule has 2 heterocycles. The zero-order valence-corrected chi connectivity index (χ0v) is 15.7. The molecule has 1 N–H and O–H groups in total. The molecule has 1 aromatic heterocycles. The van der Waals surface area contributed by atoms with Crippen molar-refractivity contribution in [3.05, 3.63) is 36.2 Å². The van der Waals surface area contributed by atoms with Gasteiger partial charge in [-0.25, -0.2) is 4.68 Å². The third kappa shape index (κ3) is 3.56. The molecule has 7 heteroatoms. The molecule has 0 bridgehead atoms. The third-order valence-electron chi connectivity index (χ3n) is 5.72. The Bertz CT molecular complexity index is 813. The fraction of sp³-hybridized carbons (Fsp3) is 0.550. The average molecular weight is 370 g/mol. The van der Waals surface area contributed by atoms with Crippen molar-refractivity contribution in [2.24, 2.45) is 0 Å². The van der Waals surface area contributed by atoms with E-state index in [-0.39, 0.29) is 11.9 Å². The Kier molecular flexibility index (Phi) is 4.86. The van der Waals surface area contributed by atoms with Gasteiger partial charge >= 0.3 is 0 Å². The number of hydrogen-bond donors (Lipinski definition) is 1. The third-order valence-corrected chi connectivity index (χ3v) is 5.72. The predicted molar refractivity (Wildman–Crippen MR) is 101 cm³/mol. The number of benzene rings is 1. The normalized spacial score (nSPS) is 22.2. The monoisotopic (exact) mass is 370 g/mol. The van der Waals surface area contributed by atoms with Crippen molar-refractivity contribution >= 4 is 11.6 Å². The highest BCUT2D eigenvalue weighted by atomic mass is 16.5. The largest absolute Gasteiger partial charge is 0.495 e. The van der Waals surface area contributed by atoms with Gasteiger partial charge in [0, 0.05) is 19.2 Å². The molecule has 4 rings (SSSR count). The molecule has 7 nitrogen and oxygen atoms in total. The van der Waals surface area contributed by atoms with Gasteiger partial charge in [-0.05, 0) is 31.4 Å². The smallest absolute Gasteiger partial charge is 0.252 e. The number of carbonyl (C=O) groups is 1. The summed E-state index contributed by atoms with van der Waals surface area (Å²) in [5.41, 5.74) is 0.856. The van der Waals surface area contributed by atoms with E-state index in [9.17, 15) is 9.90 Å². The first kappa shape index (κ1) is 18.0. The van der Waals surface area contributed by atoms with Gasteiger partial charge < -0.3 is 14.7 Å². The number of nitrogens with zero attached hydrogens (tertiary/aromatic N) is 4. The van der Waals surface area contributed by atoms with E-state index in [0.29, 0.717) is 25.1 Å². The second-order valence-electron chi connectivity index (χ2n) is 7.62. The first-order valence-electron chi connectivity index (χ1n) is 9.67. The van der Waals surface area contributed by atoms with Gasteiger partial charge in [0.25, 0.3) is 5.91 Å². The SMILES string of the molecule is COc1ccccc1N1CCC(n2cc(CC3(O)CCCCC3)nn2)C1=O. The number of anilines is 1. The van der Waals surface area contributed by atoms with Crippen LogP contribution in [-0.4, -0.2) is 45.3 Å². The molecular formula is C20H26N4O3. The quantitative estimate of drug-likeness (QED) is 0.875. The number of carbonyl (C=O) groups excluding carboxylic acids is 1. The molecule has 1 saturated carbocycles. The Morgan fingerprint density at radius 2 is 2.04 bits per heavy atom. The van der Waals surface area contributed by atoms with Gasteiger partial charge in [0.15, 0.2) is 0 Å². The Hall–Kier alpha value is -2.41. The minimum Gasteiger partial charge on any atom is -0.495 e. The molecule has 2 fully saturated rings. The van der Waals surface area contributed by atoms with Crippen LogP contribution in [0, 0.1) is 0 Å². The van der Waals surface area contributed by atoms with Gasteiger partial charge in [-0.15, -0.1) is 5.10 Å². The topological polar surface area (TPSA) is 80.5 Å². The molecule has 1 aromatic carbocycles. The van der Waals surface area contributed by atoms with Crippen LogP contribution in [-0.2, 0) is 11.2 Å². The van der Waals surface area contributed by atoms with Gasteiger partial charge in [-0.3, -0.25) is 4.79 Å². The molecule has 0 radical (unpaired) electrons. The molecule has 27 heavy (non-hydrogen) atoms. The number of ether oxygens (including phenoxy) is 1. The summed E-state index contributed by atoms with van der Waals surface area (Å²) in [5.74, 6) is 0.678. The van der Waals surface area contributed by atoms with Crippen molar-refractivity contribution in [3.8, 4) is 5.75 Å². The van der Waals surface area contributed by atoms with E-state index in [1.807, 2.05) is 30.5 Å². The van der Waals surface area contributed by atoms with Crippen molar-refractivity contribution in [1.29, 1.82) is 0 Å². The van der Waals surface area contributed by atoms with Gasteiger partial charge in [0.1, 0.15) is 11.8 Å². The van der Waals surface area contributed by atoms with Crippen molar-refractivity contribution in [2.45, 2.75) is 56.6 Å². The van der Waals surface area contributed by atoms with E-state index in [0.717, 1.165) is 37.1 Å². The lowest BCUT2D eigenvalue weighted by atomic mass is 9.82. The van der Waals surface area contributed by atoms with Crippen LogP contribution in [0.25, 0.3) is 0 Å². The van der Waals surface area contributed by atoms with Gasteiger partial charge in [0.05, 0.1) is 24.1 Å². The summed E-state index contributed by atoms with van der Waals surface area (Å²) < 4.78 is 7.04. The Morgan fingerprint density at radius 3 is 2.81 bits per heavy atom. The van der Waals surface area contributed by atoms with Gasteiger partial charge in [-0.1, -0.05) is 36.6 Å². The summed E-state index contributed by atoms with van der Waals surface area (Å²) in [4.78, 5) is 14.7. The summed E-state index contributed by atoms with van der Waals surface area (Å²) in [7, 11) is 1.61. The standard InChI is InChI=1S/C20H26N4O3/c1-27-18-8-4-3-7-16(18)23-12-9-17(19(23)25)24-14-15(21-22-24)13-20(26)10-5-2-6-11-20/h3-4,7-8,14,17,26H,2,5-6,9-13H2,1H3. The second-order valence-corrected chi connectivity index (χ2v) is 7.62. The average Bonchev–Trinajstić information content (AvgIpc) is 3.28. The number of hydrogen-bond acceptors (Lipinski definition) is 5. The maximum Gasteiger partial charge on any atom is 0.252 e. The van der Waals surface area contributed by atoms with Crippen molar-refractivity contribution in [1.82, 2.24) is 15.0 Å². The van der Waals surface area contributed by atoms with Crippen molar-refractivity contribution < 1.29 is 14.6 Å². The van der Waals surface area contributed by atoms with E-state index in [4.69, 9.17) is 4.74 Å². The number of aromatic nitrogens is 3. The maximum atomic E-state index is 13.0. The first-order chi connectivity index (χ1) is 13.1. The van der Waals surface area contributed by atoms with Crippen molar-refractivity contribution in [2.75, 3.05) is 18.6 Å². The number of aliphatic hydroxyl groups is 1. The lowest BCUT2D eigenvalue weighted by Crippen LogP contribution is -2.33. The van der Waals surface area contributed by atoms with Crippen LogP contribution in [0.4, 0.5) is 5.69 Å². The fourth-order valence-electron chi connectivity index (χ4n) is 4.27. The Labute approximate surface area is 158 Å². The number of methoxy groups -OCH3 is 1. The summed E-state index contributed by atoms with van der Waals surface area (Å²) >= 11 is 0. The second kappa shape index (κ2) is 7.31. The number of rotatable bonds is 5. The van der Waals surface area contributed by atoms with Gasteiger partial charge in [-0.2, -0.15) is 0 Å². The van der Waals surface area contributed by atoms with Crippen LogP contribution in [0.2, 0.25) is 0 Å². The number of para-hydroxylation sites is 2. The molecule has 1 aliphatic carbocycles. The Morgan fingerprint density at radius 1 is 1.26 bits per heavy atom. The predicted octanol–water partition coefficient (Wildman–Crippen LogP) is 2.50.